The molecule has 5 heteroatoms. The molecule has 1 saturated heterocycles. The summed E-state index contributed by atoms with van der Waals surface area (Å²) in [4.78, 5) is 14.8. The van der Waals surface area contributed by atoms with Crippen molar-refractivity contribution in [3.63, 3.8) is 0 Å². The highest BCUT2D eigenvalue weighted by Crippen LogP contribution is 2.37. The lowest BCUT2D eigenvalue weighted by atomic mass is 9.76. The maximum Gasteiger partial charge on any atom is 0.322 e. The number of rotatable bonds is 2. The Kier molecular flexibility index (Phi) is 5.29. The standard InChI is InChI=1S/C20H27N3O2/c1-13-8-9-19(24)16(11-13)18-7-4-10-23(18)20(25)22-17-6-3-5-15(12-21)14(17)2/h3,5-6,13,16,18-19,24H,4,7-11H2,1-2H3,(H,22,25)/t13-,16-,18+,19+/m0/s1. The minimum atomic E-state index is -0.307. The summed E-state index contributed by atoms with van der Waals surface area (Å²) in [5.41, 5.74) is 2.06. The Balaban J connectivity index is 1.74. The maximum atomic E-state index is 12.9. The van der Waals surface area contributed by atoms with Gasteiger partial charge in [0.15, 0.2) is 0 Å². The molecule has 0 aromatic heterocycles. The van der Waals surface area contributed by atoms with Crippen LogP contribution in [-0.4, -0.2) is 34.7 Å². The monoisotopic (exact) mass is 341 g/mol. The molecule has 1 aromatic rings. The van der Waals surface area contributed by atoms with Gasteiger partial charge in [-0.05, 0) is 62.6 Å². The topological polar surface area (TPSA) is 76.4 Å². The molecule has 1 aromatic carbocycles. The number of nitrogens with one attached hydrogen (secondary N) is 1. The Morgan fingerprint density at radius 2 is 2.16 bits per heavy atom. The second kappa shape index (κ2) is 7.45. The van der Waals surface area contributed by atoms with E-state index in [0.29, 0.717) is 17.2 Å². The Hall–Kier alpha value is -2.06. The second-order valence-corrected chi connectivity index (χ2v) is 7.57. The predicted molar refractivity (Wildman–Crippen MR) is 97.2 cm³/mol. The van der Waals surface area contributed by atoms with E-state index in [4.69, 9.17) is 5.26 Å². The van der Waals surface area contributed by atoms with Crippen LogP contribution >= 0.6 is 0 Å². The summed E-state index contributed by atoms with van der Waals surface area (Å²) in [6.07, 6.45) is 4.51. The van der Waals surface area contributed by atoms with E-state index in [1.807, 2.05) is 17.9 Å². The van der Waals surface area contributed by atoms with Crippen LogP contribution in [0.5, 0.6) is 0 Å². The Morgan fingerprint density at radius 1 is 1.36 bits per heavy atom. The van der Waals surface area contributed by atoms with Gasteiger partial charge in [-0.2, -0.15) is 5.26 Å². The molecule has 2 fully saturated rings. The maximum absolute atomic E-state index is 12.9. The van der Waals surface area contributed by atoms with E-state index in [-0.39, 0.29) is 24.1 Å². The van der Waals surface area contributed by atoms with Gasteiger partial charge in [0.25, 0.3) is 0 Å². The molecule has 4 atom stereocenters. The molecule has 0 radical (unpaired) electrons. The van der Waals surface area contributed by atoms with Gasteiger partial charge in [-0.3, -0.25) is 0 Å². The number of urea groups is 1. The van der Waals surface area contributed by atoms with Crippen LogP contribution in [0.1, 0.15) is 50.2 Å². The van der Waals surface area contributed by atoms with Crippen LogP contribution in [-0.2, 0) is 0 Å². The zero-order chi connectivity index (χ0) is 18.0. The van der Waals surface area contributed by atoms with Gasteiger partial charge >= 0.3 is 6.03 Å². The fourth-order valence-corrected chi connectivity index (χ4v) is 4.39. The molecule has 134 valence electrons. The van der Waals surface area contributed by atoms with Gasteiger partial charge in [0, 0.05) is 24.2 Å². The molecule has 0 unspecified atom stereocenters. The highest BCUT2D eigenvalue weighted by Gasteiger charge is 2.40. The SMILES string of the molecule is Cc1c(C#N)cccc1NC(=O)N1CCC[C@@H]1[C@@H]1C[C@@H](C)CC[C@H]1O. The molecule has 1 heterocycles. The molecule has 5 nitrogen and oxygen atoms in total. The molecule has 1 aliphatic heterocycles. The van der Waals surface area contributed by atoms with Crippen molar-refractivity contribution in [3.05, 3.63) is 29.3 Å². The van der Waals surface area contributed by atoms with E-state index in [1.165, 1.54) is 0 Å². The average molecular weight is 341 g/mol. The van der Waals surface area contributed by atoms with Crippen LogP contribution in [0.15, 0.2) is 18.2 Å². The highest BCUT2D eigenvalue weighted by atomic mass is 16.3. The van der Waals surface area contributed by atoms with Gasteiger partial charge in [-0.1, -0.05) is 13.0 Å². The number of aliphatic hydroxyl groups excluding tert-OH is 1. The largest absolute Gasteiger partial charge is 0.393 e. The Morgan fingerprint density at radius 3 is 2.92 bits per heavy atom. The smallest absolute Gasteiger partial charge is 0.322 e. The number of amides is 2. The molecular weight excluding hydrogens is 314 g/mol. The lowest BCUT2D eigenvalue weighted by Gasteiger charge is -2.39. The van der Waals surface area contributed by atoms with Crippen molar-refractivity contribution in [1.82, 2.24) is 4.90 Å². The van der Waals surface area contributed by atoms with Crippen molar-refractivity contribution in [2.24, 2.45) is 11.8 Å². The van der Waals surface area contributed by atoms with E-state index < -0.39 is 0 Å². The quantitative estimate of drug-likeness (QED) is 0.862. The zero-order valence-corrected chi connectivity index (χ0v) is 15.0. The summed E-state index contributed by atoms with van der Waals surface area (Å²) in [6, 6.07) is 7.51. The lowest BCUT2D eigenvalue weighted by Crippen LogP contribution is -2.47. The number of benzene rings is 1. The first-order valence-electron chi connectivity index (χ1n) is 9.26. The Bertz CT molecular complexity index is 682. The highest BCUT2D eigenvalue weighted by molar-refractivity contribution is 5.91. The third kappa shape index (κ3) is 3.64. The summed E-state index contributed by atoms with van der Waals surface area (Å²) in [5, 5.41) is 22.6. The number of aliphatic hydroxyl groups is 1. The molecular formula is C20H27N3O2. The first-order chi connectivity index (χ1) is 12.0. The molecule has 0 bridgehead atoms. The van der Waals surface area contributed by atoms with Crippen LogP contribution in [0.2, 0.25) is 0 Å². The Labute approximate surface area is 149 Å². The lowest BCUT2D eigenvalue weighted by molar-refractivity contribution is 0.0165. The average Bonchev–Trinajstić information content (AvgIpc) is 3.08. The van der Waals surface area contributed by atoms with E-state index in [0.717, 1.165) is 44.2 Å². The summed E-state index contributed by atoms with van der Waals surface area (Å²) < 4.78 is 0. The van der Waals surface area contributed by atoms with Gasteiger partial charge in [0.2, 0.25) is 0 Å². The van der Waals surface area contributed by atoms with Crippen LogP contribution in [0, 0.1) is 30.1 Å². The molecule has 2 N–H and O–H groups in total. The van der Waals surface area contributed by atoms with Crippen molar-refractivity contribution < 1.29 is 9.90 Å². The normalized spacial score (nSPS) is 29.3. The third-order valence-electron chi connectivity index (χ3n) is 5.87. The molecule has 1 saturated carbocycles. The molecule has 0 spiro atoms. The molecule has 2 amide bonds. The van der Waals surface area contributed by atoms with Crippen molar-refractivity contribution >= 4 is 11.7 Å². The first kappa shape index (κ1) is 17.8. The molecule has 3 rings (SSSR count). The van der Waals surface area contributed by atoms with Crippen LogP contribution < -0.4 is 5.32 Å². The number of carbonyl (C=O) groups is 1. The number of hydrogen-bond donors (Lipinski definition) is 2. The number of nitriles is 1. The zero-order valence-electron chi connectivity index (χ0n) is 15.0. The summed E-state index contributed by atoms with van der Waals surface area (Å²) in [5.74, 6) is 0.775. The number of carbonyl (C=O) groups excluding carboxylic acids is 1. The van der Waals surface area contributed by atoms with Crippen molar-refractivity contribution in [2.45, 2.75) is 58.1 Å². The van der Waals surface area contributed by atoms with E-state index >= 15 is 0 Å². The number of likely N-dealkylation sites (tertiary alicyclic amines) is 1. The van der Waals surface area contributed by atoms with Gasteiger partial charge in [0.05, 0.1) is 17.7 Å². The third-order valence-corrected chi connectivity index (χ3v) is 5.87. The summed E-state index contributed by atoms with van der Waals surface area (Å²) in [7, 11) is 0. The van der Waals surface area contributed by atoms with Crippen LogP contribution in [0.25, 0.3) is 0 Å². The number of anilines is 1. The van der Waals surface area contributed by atoms with E-state index in [1.54, 1.807) is 12.1 Å². The fraction of sp³-hybridized carbons (Fsp3) is 0.600. The number of hydrogen-bond acceptors (Lipinski definition) is 3. The van der Waals surface area contributed by atoms with Gasteiger partial charge in [-0.15, -0.1) is 0 Å². The summed E-state index contributed by atoms with van der Waals surface area (Å²) >= 11 is 0. The first-order valence-corrected chi connectivity index (χ1v) is 9.26. The van der Waals surface area contributed by atoms with Crippen LogP contribution in [0.4, 0.5) is 10.5 Å². The van der Waals surface area contributed by atoms with E-state index in [2.05, 4.69) is 18.3 Å². The molecule has 25 heavy (non-hydrogen) atoms. The second-order valence-electron chi connectivity index (χ2n) is 7.57. The van der Waals surface area contributed by atoms with Gasteiger partial charge in [-0.25, -0.2) is 4.79 Å². The number of nitrogens with zero attached hydrogens (tertiary/aromatic N) is 2. The minimum Gasteiger partial charge on any atom is -0.393 e. The predicted octanol–water partition coefficient (Wildman–Crippen LogP) is 3.66. The van der Waals surface area contributed by atoms with Gasteiger partial charge < -0.3 is 15.3 Å². The van der Waals surface area contributed by atoms with Gasteiger partial charge in [0.1, 0.15) is 0 Å². The molecule has 2 aliphatic rings. The van der Waals surface area contributed by atoms with E-state index in [9.17, 15) is 9.90 Å². The summed E-state index contributed by atoms with van der Waals surface area (Å²) in [6.45, 7) is 4.81. The fourth-order valence-electron chi connectivity index (χ4n) is 4.39. The molecule has 1 aliphatic carbocycles. The minimum absolute atomic E-state index is 0.109. The van der Waals surface area contributed by atoms with Crippen molar-refractivity contribution in [1.29, 1.82) is 5.26 Å². The van der Waals surface area contributed by atoms with Crippen molar-refractivity contribution in [3.8, 4) is 6.07 Å². The van der Waals surface area contributed by atoms with Crippen molar-refractivity contribution in [2.75, 3.05) is 11.9 Å². The van der Waals surface area contributed by atoms with Crippen LogP contribution in [0.3, 0.4) is 0 Å².